The third-order valence-electron chi connectivity index (χ3n) is 14.3. The maximum absolute atomic E-state index is 12.8. The fourth-order valence-electron chi connectivity index (χ4n) is 9.50. The summed E-state index contributed by atoms with van der Waals surface area (Å²) >= 11 is 0. The number of esters is 3. The first-order valence-corrected chi connectivity index (χ1v) is 32.0. The Balaban J connectivity index is 4.10. The Labute approximate surface area is 448 Å². The zero-order valence-corrected chi connectivity index (χ0v) is 48.5. The molecule has 0 aromatic carbocycles. The van der Waals surface area contributed by atoms with Crippen molar-refractivity contribution in [2.75, 3.05) is 13.2 Å². The number of unbranched alkanes of at least 4 members (excludes halogenated alkanes) is 42. The molecular formula is C66H122O6. The zero-order chi connectivity index (χ0) is 52.2. The van der Waals surface area contributed by atoms with Gasteiger partial charge in [0.25, 0.3) is 0 Å². The van der Waals surface area contributed by atoms with E-state index in [0.717, 1.165) is 77.0 Å². The molecule has 0 spiro atoms. The Hall–Kier alpha value is -2.37. The van der Waals surface area contributed by atoms with Gasteiger partial charge in [0, 0.05) is 19.3 Å². The van der Waals surface area contributed by atoms with Gasteiger partial charge in [-0.2, -0.15) is 0 Å². The number of hydrogen-bond acceptors (Lipinski definition) is 6. The van der Waals surface area contributed by atoms with Crippen LogP contribution in [0.15, 0.2) is 36.5 Å². The molecule has 0 fully saturated rings. The molecule has 0 N–H and O–H groups in total. The third kappa shape index (κ3) is 58.5. The van der Waals surface area contributed by atoms with Crippen molar-refractivity contribution in [3.05, 3.63) is 36.5 Å². The number of allylic oxidation sites excluding steroid dienone is 6. The van der Waals surface area contributed by atoms with Gasteiger partial charge in [-0.25, -0.2) is 0 Å². The van der Waals surface area contributed by atoms with Crippen LogP contribution >= 0.6 is 0 Å². The normalized spacial score (nSPS) is 12.2. The van der Waals surface area contributed by atoms with Gasteiger partial charge in [-0.05, 0) is 89.9 Å². The number of rotatable bonds is 59. The van der Waals surface area contributed by atoms with Crippen molar-refractivity contribution >= 4 is 17.9 Å². The summed E-state index contributed by atoms with van der Waals surface area (Å²) in [6, 6.07) is 0. The first-order chi connectivity index (χ1) is 35.5. The summed E-state index contributed by atoms with van der Waals surface area (Å²) in [5.74, 6) is -0.876. The molecule has 0 rings (SSSR count). The summed E-state index contributed by atoms with van der Waals surface area (Å²) < 4.78 is 16.9. The van der Waals surface area contributed by atoms with Gasteiger partial charge >= 0.3 is 17.9 Å². The lowest BCUT2D eigenvalue weighted by Crippen LogP contribution is -2.30. The van der Waals surface area contributed by atoms with Crippen LogP contribution in [-0.2, 0) is 28.6 Å². The molecule has 6 heteroatoms. The molecule has 1 atom stereocenters. The average molecular weight is 1010 g/mol. The van der Waals surface area contributed by atoms with Crippen LogP contribution in [-0.4, -0.2) is 37.2 Å². The van der Waals surface area contributed by atoms with E-state index >= 15 is 0 Å². The Bertz CT molecular complexity index is 1210. The molecular weight excluding hydrogens is 889 g/mol. The first-order valence-electron chi connectivity index (χ1n) is 32.0. The molecule has 1 unspecified atom stereocenters. The summed E-state index contributed by atoms with van der Waals surface area (Å²) in [5, 5.41) is 0. The second-order valence-corrected chi connectivity index (χ2v) is 21.7. The second kappa shape index (κ2) is 61.2. The molecule has 0 heterocycles. The second-order valence-electron chi connectivity index (χ2n) is 21.7. The fraction of sp³-hybridized carbons (Fsp3) is 0.864. The van der Waals surface area contributed by atoms with Gasteiger partial charge in [0.05, 0.1) is 0 Å². The predicted octanol–water partition coefficient (Wildman–Crippen LogP) is 21.6. The van der Waals surface area contributed by atoms with E-state index in [1.165, 1.54) is 231 Å². The molecule has 0 saturated heterocycles. The Morgan fingerprint density at radius 2 is 0.486 bits per heavy atom. The average Bonchev–Trinajstić information content (AvgIpc) is 3.38. The van der Waals surface area contributed by atoms with Crippen molar-refractivity contribution in [3.63, 3.8) is 0 Å². The quantitative estimate of drug-likeness (QED) is 0.0261. The lowest BCUT2D eigenvalue weighted by Gasteiger charge is -2.18. The molecule has 422 valence electrons. The van der Waals surface area contributed by atoms with Crippen molar-refractivity contribution in [3.8, 4) is 0 Å². The highest BCUT2D eigenvalue weighted by molar-refractivity contribution is 5.71. The van der Waals surface area contributed by atoms with Crippen molar-refractivity contribution in [2.24, 2.45) is 0 Å². The van der Waals surface area contributed by atoms with E-state index in [2.05, 4.69) is 57.2 Å². The number of carbonyl (C=O) groups is 3. The zero-order valence-electron chi connectivity index (χ0n) is 48.5. The van der Waals surface area contributed by atoms with Crippen LogP contribution in [0.5, 0.6) is 0 Å². The highest BCUT2D eigenvalue weighted by Gasteiger charge is 2.19. The van der Waals surface area contributed by atoms with Gasteiger partial charge in [-0.15, -0.1) is 0 Å². The number of ether oxygens (including phenoxy) is 3. The first kappa shape index (κ1) is 69.6. The number of hydrogen-bond donors (Lipinski definition) is 0. The summed E-state index contributed by atoms with van der Waals surface area (Å²) in [5.41, 5.74) is 0. The minimum absolute atomic E-state index is 0.0747. The van der Waals surface area contributed by atoms with Crippen LogP contribution < -0.4 is 0 Å². The Morgan fingerprint density at radius 3 is 0.750 bits per heavy atom. The molecule has 0 saturated carbocycles. The molecule has 0 aliphatic rings. The van der Waals surface area contributed by atoms with Gasteiger partial charge in [-0.1, -0.05) is 276 Å². The summed E-state index contributed by atoms with van der Waals surface area (Å²) in [6.07, 6.45) is 74.6. The molecule has 0 bridgehead atoms. The largest absolute Gasteiger partial charge is 0.462 e. The highest BCUT2D eigenvalue weighted by Crippen LogP contribution is 2.17. The summed E-state index contributed by atoms with van der Waals surface area (Å²) in [6.45, 7) is 6.60. The molecule has 0 aliphatic carbocycles. The monoisotopic (exact) mass is 1010 g/mol. The highest BCUT2D eigenvalue weighted by atomic mass is 16.6. The van der Waals surface area contributed by atoms with E-state index in [1.54, 1.807) is 0 Å². The van der Waals surface area contributed by atoms with Crippen molar-refractivity contribution in [2.45, 2.75) is 354 Å². The molecule has 0 radical (unpaired) electrons. The molecule has 72 heavy (non-hydrogen) atoms. The van der Waals surface area contributed by atoms with E-state index in [1.807, 2.05) is 0 Å². The van der Waals surface area contributed by atoms with Crippen LogP contribution in [0.2, 0.25) is 0 Å². The molecule has 0 aromatic heterocycles. The van der Waals surface area contributed by atoms with E-state index in [-0.39, 0.29) is 31.1 Å². The van der Waals surface area contributed by atoms with Gasteiger partial charge in [-0.3, -0.25) is 14.4 Å². The van der Waals surface area contributed by atoms with Crippen molar-refractivity contribution in [1.82, 2.24) is 0 Å². The van der Waals surface area contributed by atoms with Crippen molar-refractivity contribution < 1.29 is 28.6 Å². The van der Waals surface area contributed by atoms with Crippen molar-refractivity contribution in [1.29, 1.82) is 0 Å². The van der Waals surface area contributed by atoms with Crippen LogP contribution in [0.3, 0.4) is 0 Å². The summed E-state index contributed by atoms with van der Waals surface area (Å²) in [7, 11) is 0. The summed E-state index contributed by atoms with van der Waals surface area (Å²) in [4.78, 5) is 38.1. The van der Waals surface area contributed by atoms with Gasteiger partial charge < -0.3 is 14.2 Å². The molecule has 6 nitrogen and oxygen atoms in total. The standard InChI is InChI=1S/C66H122O6/c1-4-7-10-13-16-19-22-24-26-27-28-29-30-31-32-33-34-35-36-37-38-39-41-42-44-47-50-53-56-59-65(68)71-62-63(61-70-64(67)58-55-52-49-46-21-18-15-12-9-6-3)72-66(69)60-57-54-51-48-45-43-40-25-23-20-17-14-11-8-5-2/h12,15,25,27-28,40,63H,4-11,13-14,16-24,26,29-39,41-62H2,1-3H3/b15-12-,28-27-,40-25-. The van der Waals surface area contributed by atoms with Gasteiger partial charge in [0.15, 0.2) is 6.10 Å². The fourth-order valence-corrected chi connectivity index (χ4v) is 9.50. The van der Waals surface area contributed by atoms with Gasteiger partial charge in [0.2, 0.25) is 0 Å². The van der Waals surface area contributed by atoms with E-state index in [0.29, 0.717) is 19.3 Å². The maximum Gasteiger partial charge on any atom is 0.306 e. The Morgan fingerprint density at radius 1 is 0.264 bits per heavy atom. The van der Waals surface area contributed by atoms with E-state index < -0.39 is 6.10 Å². The van der Waals surface area contributed by atoms with Crippen LogP contribution in [0.25, 0.3) is 0 Å². The molecule has 0 amide bonds. The minimum Gasteiger partial charge on any atom is -0.462 e. The van der Waals surface area contributed by atoms with Crippen LogP contribution in [0.1, 0.15) is 348 Å². The Kier molecular flexibility index (Phi) is 59.2. The molecule has 0 aliphatic heterocycles. The lowest BCUT2D eigenvalue weighted by atomic mass is 10.0. The topological polar surface area (TPSA) is 78.9 Å². The van der Waals surface area contributed by atoms with Crippen LogP contribution in [0, 0.1) is 0 Å². The molecule has 0 aromatic rings. The third-order valence-corrected chi connectivity index (χ3v) is 14.3. The van der Waals surface area contributed by atoms with E-state index in [9.17, 15) is 14.4 Å². The number of carbonyl (C=O) groups excluding carboxylic acids is 3. The lowest BCUT2D eigenvalue weighted by molar-refractivity contribution is -0.167. The predicted molar refractivity (Wildman–Crippen MR) is 312 cm³/mol. The smallest absolute Gasteiger partial charge is 0.306 e. The van der Waals surface area contributed by atoms with Crippen LogP contribution in [0.4, 0.5) is 0 Å². The van der Waals surface area contributed by atoms with Gasteiger partial charge in [0.1, 0.15) is 13.2 Å². The SMILES string of the molecule is CCC/C=C\CCCCCCCC(=O)OCC(COC(=O)CCCCCCCCCCCCCCCCCCC/C=C\CCCCCCCCCC)OC(=O)CCCCCCC/C=C\CCCCCCCC. The maximum atomic E-state index is 12.8. The minimum atomic E-state index is -0.777. The van der Waals surface area contributed by atoms with E-state index in [4.69, 9.17) is 14.2 Å².